The molecular formula is C23H23NO3S. The number of aryl methyl sites for hydroxylation is 2. The van der Waals surface area contributed by atoms with E-state index in [0.717, 1.165) is 39.9 Å². The molecule has 3 aromatic carbocycles. The van der Waals surface area contributed by atoms with E-state index in [2.05, 4.69) is 19.1 Å². The highest BCUT2D eigenvalue weighted by Crippen LogP contribution is 2.44. The average Bonchev–Trinajstić information content (AvgIpc) is 2.73. The fourth-order valence-corrected chi connectivity index (χ4v) is 5.31. The third kappa shape index (κ3) is 2.87. The maximum Gasteiger partial charge on any atom is 0.264 e. The minimum atomic E-state index is -3.71. The molecule has 0 atom stereocenters. The number of rotatable bonds is 4. The van der Waals surface area contributed by atoms with Gasteiger partial charge in [-0.1, -0.05) is 37.3 Å². The number of nitrogens with zero attached hydrogens (tertiary/aromatic N) is 1. The Kier molecular flexibility index (Phi) is 4.63. The number of fused-ring (bicyclic) bond motifs is 3. The molecule has 0 bridgehead atoms. The van der Waals surface area contributed by atoms with Crippen molar-refractivity contribution in [1.82, 2.24) is 0 Å². The topological polar surface area (TPSA) is 46.6 Å². The number of hydrogen-bond acceptors (Lipinski definition) is 3. The third-order valence-corrected chi connectivity index (χ3v) is 7.18. The molecule has 3 aromatic rings. The van der Waals surface area contributed by atoms with Gasteiger partial charge < -0.3 is 4.74 Å². The fourth-order valence-electron chi connectivity index (χ4n) is 3.86. The van der Waals surface area contributed by atoms with Gasteiger partial charge in [0, 0.05) is 5.56 Å². The van der Waals surface area contributed by atoms with Crippen molar-refractivity contribution in [3.05, 3.63) is 77.4 Å². The molecule has 0 fully saturated rings. The minimum absolute atomic E-state index is 0.262. The van der Waals surface area contributed by atoms with Crippen molar-refractivity contribution in [2.45, 2.75) is 31.7 Å². The molecule has 0 spiro atoms. The Morgan fingerprint density at radius 2 is 1.71 bits per heavy atom. The maximum atomic E-state index is 13.6. The van der Waals surface area contributed by atoms with Crippen LogP contribution in [0.2, 0.25) is 0 Å². The molecule has 4 rings (SSSR count). The zero-order valence-corrected chi connectivity index (χ0v) is 17.1. The van der Waals surface area contributed by atoms with E-state index in [-0.39, 0.29) is 4.90 Å². The van der Waals surface area contributed by atoms with E-state index in [1.807, 2.05) is 31.2 Å². The Balaban J connectivity index is 1.93. The summed E-state index contributed by atoms with van der Waals surface area (Å²) in [5, 5.41) is 0. The Hall–Kier alpha value is -2.79. The lowest BCUT2D eigenvalue weighted by molar-refractivity contribution is 0.414. The Bertz CT molecular complexity index is 1140. The standard InChI is InChI=1S/C23H23NO3S/c1-4-17-8-6-10-22-23(17)20-9-5-7-16(2)21(20)15-24(22)28(25,26)19-13-11-18(27-3)12-14-19/h5-14H,4,15H2,1-3H3. The summed E-state index contributed by atoms with van der Waals surface area (Å²) in [4.78, 5) is 0.262. The first-order valence-corrected chi connectivity index (χ1v) is 10.8. The molecule has 0 N–H and O–H groups in total. The van der Waals surface area contributed by atoms with Crippen LogP contribution in [0.5, 0.6) is 5.75 Å². The largest absolute Gasteiger partial charge is 0.497 e. The molecule has 0 radical (unpaired) electrons. The van der Waals surface area contributed by atoms with Crippen LogP contribution >= 0.6 is 0 Å². The summed E-state index contributed by atoms with van der Waals surface area (Å²) in [5.74, 6) is 0.632. The van der Waals surface area contributed by atoms with Crippen molar-refractivity contribution in [3.63, 3.8) is 0 Å². The van der Waals surface area contributed by atoms with Gasteiger partial charge in [0.15, 0.2) is 0 Å². The van der Waals surface area contributed by atoms with Gasteiger partial charge >= 0.3 is 0 Å². The predicted molar refractivity (Wildman–Crippen MR) is 112 cm³/mol. The number of ether oxygens (including phenoxy) is 1. The second-order valence-electron chi connectivity index (χ2n) is 6.95. The molecule has 1 heterocycles. The van der Waals surface area contributed by atoms with E-state index in [4.69, 9.17) is 4.74 Å². The quantitative estimate of drug-likeness (QED) is 0.631. The highest BCUT2D eigenvalue weighted by atomic mass is 32.2. The number of anilines is 1. The monoisotopic (exact) mass is 393 g/mol. The second kappa shape index (κ2) is 6.99. The van der Waals surface area contributed by atoms with Crippen molar-refractivity contribution in [2.75, 3.05) is 11.4 Å². The lowest BCUT2D eigenvalue weighted by atomic mass is 9.88. The molecular weight excluding hydrogens is 370 g/mol. The van der Waals surface area contributed by atoms with Crippen LogP contribution in [0.1, 0.15) is 23.6 Å². The normalized spacial score (nSPS) is 13.0. The average molecular weight is 394 g/mol. The molecule has 0 aromatic heterocycles. The van der Waals surface area contributed by atoms with Crippen molar-refractivity contribution in [2.24, 2.45) is 0 Å². The Morgan fingerprint density at radius 1 is 1.00 bits per heavy atom. The third-order valence-electron chi connectivity index (χ3n) is 5.41. The van der Waals surface area contributed by atoms with Gasteiger partial charge in [-0.3, -0.25) is 4.31 Å². The number of sulfonamides is 1. The van der Waals surface area contributed by atoms with Crippen molar-refractivity contribution >= 4 is 15.7 Å². The Labute approximate surface area is 166 Å². The number of methoxy groups -OCH3 is 1. The van der Waals surface area contributed by atoms with Gasteiger partial charge in [-0.05, 0) is 65.9 Å². The van der Waals surface area contributed by atoms with Crippen molar-refractivity contribution < 1.29 is 13.2 Å². The van der Waals surface area contributed by atoms with E-state index >= 15 is 0 Å². The molecule has 0 unspecified atom stereocenters. The summed E-state index contributed by atoms with van der Waals surface area (Å²) in [6.45, 7) is 4.47. The first-order valence-electron chi connectivity index (χ1n) is 9.35. The highest BCUT2D eigenvalue weighted by Gasteiger charge is 2.33. The van der Waals surface area contributed by atoms with Gasteiger partial charge in [0.05, 0.1) is 24.2 Å². The zero-order valence-electron chi connectivity index (χ0n) is 16.3. The molecule has 0 aliphatic carbocycles. The van der Waals surface area contributed by atoms with Crippen LogP contribution in [0.4, 0.5) is 5.69 Å². The van der Waals surface area contributed by atoms with Gasteiger partial charge in [-0.2, -0.15) is 0 Å². The van der Waals surface area contributed by atoms with E-state index < -0.39 is 10.0 Å². The van der Waals surface area contributed by atoms with Crippen LogP contribution in [-0.2, 0) is 23.0 Å². The molecule has 144 valence electrons. The zero-order chi connectivity index (χ0) is 19.9. The molecule has 0 saturated carbocycles. The van der Waals surface area contributed by atoms with Crippen LogP contribution in [0.15, 0.2) is 65.6 Å². The first kappa shape index (κ1) is 18.6. The smallest absolute Gasteiger partial charge is 0.264 e. The van der Waals surface area contributed by atoms with Crippen molar-refractivity contribution in [1.29, 1.82) is 0 Å². The minimum Gasteiger partial charge on any atom is -0.497 e. The summed E-state index contributed by atoms with van der Waals surface area (Å²) in [5.41, 5.74) is 6.21. The maximum absolute atomic E-state index is 13.6. The summed E-state index contributed by atoms with van der Waals surface area (Å²) < 4.78 is 33.8. The number of hydrogen-bond donors (Lipinski definition) is 0. The lowest BCUT2D eigenvalue weighted by Crippen LogP contribution is -2.34. The van der Waals surface area contributed by atoms with E-state index in [9.17, 15) is 8.42 Å². The molecule has 5 heteroatoms. The molecule has 28 heavy (non-hydrogen) atoms. The van der Waals surface area contributed by atoms with Gasteiger partial charge in [-0.25, -0.2) is 8.42 Å². The molecule has 1 aliphatic rings. The molecule has 4 nitrogen and oxygen atoms in total. The van der Waals surface area contributed by atoms with E-state index in [0.29, 0.717) is 12.3 Å². The molecule has 0 saturated heterocycles. The predicted octanol–water partition coefficient (Wildman–Crippen LogP) is 4.94. The molecule has 1 aliphatic heterocycles. The van der Waals surface area contributed by atoms with E-state index in [1.165, 1.54) is 0 Å². The number of benzene rings is 3. The Morgan fingerprint density at radius 3 is 2.39 bits per heavy atom. The lowest BCUT2D eigenvalue weighted by Gasteiger charge is -2.34. The van der Waals surface area contributed by atoms with Gasteiger partial charge in [0.1, 0.15) is 5.75 Å². The van der Waals surface area contributed by atoms with Gasteiger partial charge in [0.25, 0.3) is 10.0 Å². The second-order valence-corrected chi connectivity index (χ2v) is 8.82. The van der Waals surface area contributed by atoms with Crippen molar-refractivity contribution in [3.8, 4) is 16.9 Å². The van der Waals surface area contributed by atoms with E-state index in [1.54, 1.807) is 35.7 Å². The summed E-state index contributed by atoms with van der Waals surface area (Å²) in [6.07, 6.45) is 0.840. The summed E-state index contributed by atoms with van der Waals surface area (Å²) in [6, 6.07) is 18.7. The van der Waals surface area contributed by atoms with Gasteiger partial charge in [0.2, 0.25) is 0 Å². The van der Waals surface area contributed by atoms with Crippen LogP contribution in [-0.4, -0.2) is 15.5 Å². The SMILES string of the molecule is CCc1cccc2c1-c1cccc(C)c1CN2S(=O)(=O)c1ccc(OC)cc1. The summed E-state index contributed by atoms with van der Waals surface area (Å²) >= 11 is 0. The fraction of sp³-hybridized carbons (Fsp3) is 0.217. The summed E-state index contributed by atoms with van der Waals surface area (Å²) in [7, 11) is -2.14. The van der Waals surface area contributed by atoms with Crippen LogP contribution in [0, 0.1) is 6.92 Å². The highest BCUT2D eigenvalue weighted by molar-refractivity contribution is 7.92. The van der Waals surface area contributed by atoms with Gasteiger partial charge in [-0.15, -0.1) is 0 Å². The molecule has 0 amide bonds. The van der Waals surface area contributed by atoms with Crippen LogP contribution in [0.25, 0.3) is 11.1 Å². The van der Waals surface area contributed by atoms with Crippen LogP contribution in [0.3, 0.4) is 0 Å². The first-order chi connectivity index (χ1) is 13.5. The van der Waals surface area contributed by atoms with Crippen LogP contribution < -0.4 is 9.04 Å².